The second-order valence-electron chi connectivity index (χ2n) is 6.75. The average molecular weight is 329 g/mol. The standard InChI is InChI=1S/C21H19N3O/c1-13-2-8-19-17(10-13)18-11-15(5-9-20(18)24-19)21(25)23-16-6-3-14(12-22)4-7-16/h2-4,6-8,10,15,24H,5,9,11H2,1H3,(H,23,25). The molecule has 4 rings (SSSR count). The molecular weight excluding hydrogens is 310 g/mol. The van der Waals surface area contributed by atoms with Crippen molar-refractivity contribution in [2.75, 3.05) is 5.32 Å². The molecular formula is C21H19N3O. The van der Waals surface area contributed by atoms with Crippen molar-refractivity contribution in [3.63, 3.8) is 0 Å². The molecule has 0 radical (unpaired) electrons. The quantitative estimate of drug-likeness (QED) is 0.743. The van der Waals surface area contributed by atoms with E-state index in [0.717, 1.165) is 30.5 Å². The van der Waals surface area contributed by atoms with Gasteiger partial charge >= 0.3 is 0 Å². The Morgan fingerprint density at radius 2 is 2.04 bits per heavy atom. The zero-order chi connectivity index (χ0) is 17.4. The highest BCUT2D eigenvalue weighted by atomic mass is 16.1. The van der Waals surface area contributed by atoms with Crippen LogP contribution in [0.25, 0.3) is 10.9 Å². The number of aryl methyl sites for hydroxylation is 2. The molecule has 1 atom stereocenters. The molecule has 2 N–H and O–H groups in total. The van der Waals surface area contributed by atoms with Gasteiger partial charge in [0.15, 0.2) is 0 Å². The van der Waals surface area contributed by atoms with Crippen LogP contribution in [0.2, 0.25) is 0 Å². The Kier molecular flexibility index (Phi) is 3.77. The zero-order valence-corrected chi connectivity index (χ0v) is 14.1. The summed E-state index contributed by atoms with van der Waals surface area (Å²) in [5.74, 6) is 0.0278. The first kappa shape index (κ1) is 15.5. The summed E-state index contributed by atoms with van der Waals surface area (Å²) in [6.45, 7) is 2.09. The van der Waals surface area contributed by atoms with Crippen LogP contribution < -0.4 is 5.32 Å². The van der Waals surface area contributed by atoms with Gasteiger partial charge in [0.1, 0.15) is 0 Å². The number of anilines is 1. The van der Waals surface area contributed by atoms with Gasteiger partial charge < -0.3 is 10.3 Å². The molecule has 1 unspecified atom stereocenters. The van der Waals surface area contributed by atoms with Gasteiger partial charge in [-0.1, -0.05) is 11.6 Å². The minimum Gasteiger partial charge on any atom is -0.358 e. The van der Waals surface area contributed by atoms with E-state index in [0.29, 0.717) is 5.56 Å². The summed E-state index contributed by atoms with van der Waals surface area (Å²) in [7, 11) is 0. The van der Waals surface area contributed by atoms with Crippen molar-refractivity contribution in [1.82, 2.24) is 4.98 Å². The van der Waals surface area contributed by atoms with E-state index < -0.39 is 0 Å². The molecule has 3 aromatic rings. The number of nitriles is 1. The van der Waals surface area contributed by atoms with E-state index in [2.05, 4.69) is 41.5 Å². The Balaban J connectivity index is 1.55. The first-order valence-corrected chi connectivity index (χ1v) is 8.55. The fourth-order valence-corrected chi connectivity index (χ4v) is 3.63. The van der Waals surface area contributed by atoms with E-state index >= 15 is 0 Å². The van der Waals surface area contributed by atoms with E-state index in [4.69, 9.17) is 5.26 Å². The monoisotopic (exact) mass is 329 g/mol. The second kappa shape index (κ2) is 6.10. The molecule has 0 fully saturated rings. The lowest BCUT2D eigenvalue weighted by atomic mass is 9.85. The number of rotatable bonds is 2. The van der Waals surface area contributed by atoms with E-state index in [-0.39, 0.29) is 11.8 Å². The molecule has 0 spiro atoms. The van der Waals surface area contributed by atoms with Gasteiger partial charge in [-0.3, -0.25) is 4.79 Å². The Bertz CT molecular complexity index is 992. The van der Waals surface area contributed by atoms with Crippen LogP contribution in [0.5, 0.6) is 0 Å². The molecule has 1 aliphatic carbocycles. The predicted octanol–water partition coefficient (Wildman–Crippen LogP) is 4.09. The van der Waals surface area contributed by atoms with Crippen LogP contribution in [-0.2, 0) is 17.6 Å². The lowest BCUT2D eigenvalue weighted by Crippen LogP contribution is -2.28. The summed E-state index contributed by atoms with van der Waals surface area (Å²) in [5, 5.41) is 13.1. The number of carbonyl (C=O) groups is 1. The van der Waals surface area contributed by atoms with Crippen molar-refractivity contribution in [3.8, 4) is 6.07 Å². The van der Waals surface area contributed by atoms with Crippen molar-refractivity contribution in [2.45, 2.75) is 26.2 Å². The van der Waals surface area contributed by atoms with Crippen LogP contribution in [0.1, 0.15) is 28.8 Å². The molecule has 0 aliphatic heterocycles. The number of benzene rings is 2. The molecule has 124 valence electrons. The van der Waals surface area contributed by atoms with E-state index in [1.807, 2.05) is 0 Å². The predicted molar refractivity (Wildman–Crippen MR) is 98.3 cm³/mol. The lowest BCUT2D eigenvalue weighted by molar-refractivity contribution is -0.120. The van der Waals surface area contributed by atoms with Gasteiger partial charge in [-0.15, -0.1) is 0 Å². The van der Waals surface area contributed by atoms with Crippen LogP contribution >= 0.6 is 0 Å². The molecule has 0 saturated heterocycles. The fraction of sp³-hybridized carbons (Fsp3) is 0.238. The van der Waals surface area contributed by atoms with Crippen LogP contribution in [0, 0.1) is 24.2 Å². The Labute approximate surface area is 146 Å². The number of aromatic nitrogens is 1. The topological polar surface area (TPSA) is 68.7 Å². The van der Waals surface area contributed by atoms with Crippen molar-refractivity contribution >= 4 is 22.5 Å². The van der Waals surface area contributed by atoms with Gasteiger partial charge in [0.25, 0.3) is 0 Å². The van der Waals surface area contributed by atoms with Gasteiger partial charge in [0, 0.05) is 28.2 Å². The summed E-state index contributed by atoms with van der Waals surface area (Å²) >= 11 is 0. The fourth-order valence-electron chi connectivity index (χ4n) is 3.63. The summed E-state index contributed by atoms with van der Waals surface area (Å²) in [4.78, 5) is 16.2. The molecule has 1 aromatic heterocycles. The summed E-state index contributed by atoms with van der Waals surface area (Å²) in [5.41, 5.74) is 6.27. The maximum atomic E-state index is 12.7. The highest BCUT2D eigenvalue weighted by Crippen LogP contribution is 2.32. The maximum Gasteiger partial charge on any atom is 0.227 e. The largest absolute Gasteiger partial charge is 0.358 e. The third kappa shape index (κ3) is 2.89. The molecule has 1 aliphatic rings. The second-order valence-corrected chi connectivity index (χ2v) is 6.75. The number of nitrogens with zero attached hydrogens (tertiary/aromatic N) is 1. The average Bonchev–Trinajstić information content (AvgIpc) is 2.99. The summed E-state index contributed by atoms with van der Waals surface area (Å²) < 4.78 is 0. The number of hydrogen-bond acceptors (Lipinski definition) is 2. The van der Waals surface area contributed by atoms with Crippen molar-refractivity contribution in [1.29, 1.82) is 5.26 Å². The van der Waals surface area contributed by atoms with Gasteiger partial charge in [0.05, 0.1) is 11.6 Å². The van der Waals surface area contributed by atoms with Crippen LogP contribution in [0.15, 0.2) is 42.5 Å². The van der Waals surface area contributed by atoms with Crippen molar-refractivity contribution in [2.24, 2.45) is 5.92 Å². The third-order valence-corrected chi connectivity index (χ3v) is 5.00. The summed E-state index contributed by atoms with van der Waals surface area (Å²) in [6.07, 6.45) is 2.51. The van der Waals surface area contributed by atoms with Gasteiger partial charge in [-0.2, -0.15) is 5.26 Å². The highest BCUT2D eigenvalue weighted by molar-refractivity contribution is 5.94. The van der Waals surface area contributed by atoms with E-state index in [9.17, 15) is 4.79 Å². The number of fused-ring (bicyclic) bond motifs is 3. The van der Waals surface area contributed by atoms with Gasteiger partial charge in [-0.05, 0) is 68.1 Å². The van der Waals surface area contributed by atoms with Gasteiger partial charge in [-0.25, -0.2) is 0 Å². The number of carbonyl (C=O) groups excluding carboxylic acids is 1. The molecule has 1 amide bonds. The molecule has 2 aromatic carbocycles. The maximum absolute atomic E-state index is 12.7. The number of H-pyrrole nitrogens is 1. The van der Waals surface area contributed by atoms with Crippen LogP contribution in [0.4, 0.5) is 5.69 Å². The van der Waals surface area contributed by atoms with E-state index in [1.165, 1.54) is 22.2 Å². The van der Waals surface area contributed by atoms with Crippen molar-refractivity contribution in [3.05, 3.63) is 64.8 Å². The van der Waals surface area contributed by atoms with Crippen LogP contribution in [0.3, 0.4) is 0 Å². The number of amides is 1. The van der Waals surface area contributed by atoms with Gasteiger partial charge in [0.2, 0.25) is 5.91 Å². The summed E-state index contributed by atoms with van der Waals surface area (Å²) in [6, 6.07) is 15.5. The highest BCUT2D eigenvalue weighted by Gasteiger charge is 2.27. The molecule has 1 heterocycles. The molecule has 25 heavy (non-hydrogen) atoms. The third-order valence-electron chi connectivity index (χ3n) is 5.00. The van der Waals surface area contributed by atoms with E-state index in [1.54, 1.807) is 24.3 Å². The Hall–Kier alpha value is -3.06. The Morgan fingerprint density at radius 3 is 2.80 bits per heavy atom. The molecule has 4 nitrogen and oxygen atoms in total. The first-order valence-electron chi connectivity index (χ1n) is 8.55. The lowest BCUT2D eigenvalue weighted by Gasteiger charge is -2.22. The molecule has 0 saturated carbocycles. The van der Waals surface area contributed by atoms with Crippen molar-refractivity contribution < 1.29 is 4.79 Å². The number of hydrogen-bond donors (Lipinski definition) is 2. The smallest absolute Gasteiger partial charge is 0.227 e. The molecule has 0 bridgehead atoms. The number of nitrogens with one attached hydrogen (secondary N) is 2. The Morgan fingerprint density at radius 1 is 1.24 bits per heavy atom. The minimum atomic E-state index is -0.0253. The zero-order valence-electron chi connectivity index (χ0n) is 14.1. The molecule has 4 heteroatoms. The first-order chi connectivity index (χ1) is 12.1. The SMILES string of the molecule is Cc1ccc2[nH]c3c(c2c1)CC(C(=O)Nc1ccc(C#N)cc1)CC3. The normalized spacial score (nSPS) is 16.2. The van der Waals surface area contributed by atoms with Crippen LogP contribution in [-0.4, -0.2) is 10.9 Å². The minimum absolute atomic E-state index is 0.0253. The number of aromatic amines is 1.